The van der Waals surface area contributed by atoms with Crippen molar-refractivity contribution in [1.29, 1.82) is 0 Å². The van der Waals surface area contributed by atoms with Gasteiger partial charge in [-0.25, -0.2) is 9.48 Å². The van der Waals surface area contributed by atoms with Crippen molar-refractivity contribution in [2.45, 2.75) is 20.8 Å². The van der Waals surface area contributed by atoms with Crippen LogP contribution in [0.3, 0.4) is 0 Å². The largest absolute Gasteiger partial charge is 0.452 e. The van der Waals surface area contributed by atoms with Crippen LogP contribution in [0.4, 0.5) is 11.4 Å². The zero-order valence-electron chi connectivity index (χ0n) is 16.3. The summed E-state index contributed by atoms with van der Waals surface area (Å²) in [5.41, 5.74) is 10.2. The van der Waals surface area contributed by atoms with Gasteiger partial charge in [0.15, 0.2) is 6.61 Å². The molecule has 1 amide bonds. The average molecular weight is 413 g/mol. The number of halogens is 1. The Hall–Kier alpha value is -3.32. The number of nitrogens with two attached hydrogens (primary N) is 1. The van der Waals surface area contributed by atoms with Gasteiger partial charge in [-0.1, -0.05) is 29.3 Å². The van der Waals surface area contributed by atoms with Crippen LogP contribution in [-0.4, -0.2) is 28.3 Å². The van der Waals surface area contributed by atoms with Crippen LogP contribution < -0.4 is 11.1 Å². The zero-order chi connectivity index (χ0) is 21.1. The fourth-order valence-corrected chi connectivity index (χ4v) is 2.94. The van der Waals surface area contributed by atoms with Gasteiger partial charge in [0, 0.05) is 0 Å². The summed E-state index contributed by atoms with van der Waals surface area (Å²) in [6.07, 6.45) is 0. The Morgan fingerprint density at radius 3 is 2.48 bits per heavy atom. The number of benzene rings is 2. The van der Waals surface area contributed by atoms with Gasteiger partial charge in [-0.3, -0.25) is 4.79 Å². The Balaban J connectivity index is 1.67. The first kappa shape index (κ1) is 20.4. The van der Waals surface area contributed by atoms with Gasteiger partial charge >= 0.3 is 5.97 Å². The average Bonchev–Trinajstić information content (AvgIpc) is 2.97. The lowest BCUT2D eigenvalue weighted by molar-refractivity contribution is -0.119. The SMILES string of the molecule is Cc1ccc(-n2nc(C)c(NC(=O)COC(=O)c3ccc(Cl)c(N)c3)c2C)cc1. The van der Waals surface area contributed by atoms with Gasteiger partial charge in [0.25, 0.3) is 5.91 Å². The van der Waals surface area contributed by atoms with E-state index in [0.717, 1.165) is 16.9 Å². The van der Waals surface area contributed by atoms with Gasteiger partial charge in [-0.2, -0.15) is 5.10 Å². The summed E-state index contributed by atoms with van der Waals surface area (Å²) in [7, 11) is 0. The first-order chi connectivity index (χ1) is 13.8. The van der Waals surface area contributed by atoms with Gasteiger partial charge in [0.2, 0.25) is 0 Å². The Morgan fingerprint density at radius 2 is 1.83 bits per heavy atom. The van der Waals surface area contributed by atoms with Crippen LogP contribution in [0.15, 0.2) is 42.5 Å². The van der Waals surface area contributed by atoms with Crippen LogP contribution in [0.1, 0.15) is 27.3 Å². The van der Waals surface area contributed by atoms with Crippen molar-refractivity contribution in [3.63, 3.8) is 0 Å². The Bertz CT molecular complexity index is 1070. The predicted octanol–water partition coefficient (Wildman–Crippen LogP) is 3.83. The molecule has 0 aliphatic rings. The molecule has 0 saturated carbocycles. The number of hydrogen-bond acceptors (Lipinski definition) is 5. The Morgan fingerprint density at radius 1 is 1.14 bits per heavy atom. The summed E-state index contributed by atoms with van der Waals surface area (Å²) in [6.45, 7) is 5.24. The highest BCUT2D eigenvalue weighted by Crippen LogP contribution is 2.23. The third-order valence-electron chi connectivity index (χ3n) is 4.40. The molecular formula is C21H21ClN4O3. The predicted molar refractivity (Wildman–Crippen MR) is 113 cm³/mol. The summed E-state index contributed by atoms with van der Waals surface area (Å²) in [5.74, 6) is -1.12. The molecule has 8 heteroatoms. The highest BCUT2D eigenvalue weighted by Gasteiger charge is 2.17. The molecule has 150 valence electrons. The van der Waals surface area contributed by atoms with E-state index in [1.165, 1.54) is 18.2 Å². The molecule has 3 rings (SSSR count). The topological polar surface area (TPSA) is 99.2 Å². The van der Waals surface area contributed by atoms with Crippen molar-refractivity contribution in [3.8, 4) is 5.69 Å². The van der Waals surface area contributed by atoms with Crippen LogP contribution in [0.25, 0.3) is 5.69 Å². The van der Waals surface area contributed by atoms with E-state index in [-0.39, 0.29) is 11.3 Å². The fraction of sp³-hybridized carbons (Fsp3) is 0.190. The summed E-state index contributed by atoms with van der Waals surface area (Å²) in [4.78, 5) is 24.4. The van der Waals surface area contributed by atoms with Crippen molar-refractivity contribution in [2.75, 3.05) is 17.7 Å². The zero-order valence-corrected chi connectivity index (χ0v) is 17.1. The molecular weight excluding hydrogens is 392 g/mol. The van der Waals surface area contributed by atoms with Gasteiger partial charge in [0.1, 0.15) is 0 Å². The maximum atomic E-state index is 12.3. The van der Waals surface area contributed by atoms with Gasteiger partial charge in [0.05, 0.1) is 39.0 Å². The minimum absolute atomic E-state index is 0.222. The summed E-state index contributed by atoms with van der Waals surface area (Å²) < 4.78 is 6.82. The number of anilines is 2. The lowest BCUT2D eigenvalue weighted by Crippen LogP contribution is -2.21. The minimum atomic E-state index is -0.660. The van der Waals surface area contributed by atoms with Gasteiger partial charge < -0.3 is 15.8 Å². The van der Waals surface area contributed by atoms with Crippen molar-refractivity contribution >= 4 is 34.9 Å². The molecule has 0 spiro atoms. The molecule has 0 bridgehead atoms. The fourth-order valence-electron chi connectivity index (χ4n) is 2.82. The number of aryl methyl sites for hydroxylation is 2. The molecule has 1 aromatic heterocycles. The lowest BCUT2D eigenvalue weighted by Gasteiger charge is -2.09. The molecule has 3 aromatic rings. The highest BCUT2D eigenvalue weighted by molar-refractivity contribution is 6.33. The molecule has 7 nitrogen and oxygen atoms in total. The number of carbonyl (C=O) groups excluding carboxylic acids is 2. The van der Waals surface area contributed by atoms with Crippen molar-refractivity contribution in [2.24, 2.45) is 0 Å². The maximum Gasteiger partial charge on any atom is 0.338 e. The number of carbonyl (C=O) groups is 2. The third-order valence-corrected chi connectivity index (χ3v) is 4.74. The van der Waals surface area contributed by atoms with E-state index >= 15 is 0 Å². The third kappa shape index (κ3) is 4.57. The van der Waals surface area contributed by atoms with Crippen molar-refractivity contribution in [3.05, 3.63) is 70.0 Å². The number of nitrogens with zero attached hydrogens (tertiary/aromatic N) is 2. The van der Waals surface area contributed by atoms with E-state index in [2.05, 4.69) is 10.4 Å². The number of nitrogen functional groups attached to an aromatic ring is 1. The molecule has 2 aromatic carbocycles. The van der Waals surface area contributed by atoms with E-state index in [0.29, 0.717) is 16.4 Å². The first-order valence-corrected chi connectivity index (χ1v) is 9.29. The monoisotopic (exact) mass is 412 g/mol. The first-order valence-electron chi connectivity index (χ1n) is 8.91. The molecule has 29 heavy (non-hydrogen) atoms. The Labute approximate surface area is 173 Å². The number of aromatic nitrogens is 2. The summed E-state index contributed by atoms with van der Waals surface area (Å²) in [6, 6.07) is 12.3. The van der Waals surface area contributed by atoms with E-state index in [4.69, 9.17) is 22.1 Å². The number of nitrogens with one attached hydrogen (secondary N) is 1. The molecule has 1 heterocycles. The second kappa shape index (κ2) is 8.36. The quantitative estimate of drug-likeness (QED) is 0.490. The molecule has 0 unspecified atom stereocenters. The van der Waals surface area contributed by atoms with Crippen LogP contribution in [0.5, 0.6) is 0 Å². The number of rotatable bonds is 5. The normalized spacial score (nSPS) is 10.6. The van der Waals surface area contributed by atoms with E-state index in [9.17, 15) is 9.59 Å². The highest BCUT2D eigenvalue weighted by atomic mass is 35.5. The Kier molecular flexibility index (Phi) is 5.89. The van der Waals surface area contributed by atoms with Crippen molar-refractivity contribution in [1.82, 2.24) is 9.78 Å². The molecule has 0 atom stereocenters. The molecule has 0 saturated heterocycles. The molecule has 0 fully saturated rings. The number of amides is 1. The summed E-state index contributed by atoms with van der Waals surface area (Å²) >= 11 is 5.84. The summed E-state index contributed by atoms with van der Waals surface area (Å²) in [5, 5.41) is 7.60. The van der Waals surface area contributed by atoms with Gasteiger partial charge in [-0.15, -0.1) is 0 Å². The number of hydrogen-bond donors (Lipinski definition) is 2. The molecule has 0 radical (unpaired) electrons. The smallest absolute Gasteiger partial charge is 0.338 e. The van der Waals surface area contributed by atoms with Crippen LogP contribution in [0.2, 0.25) is 5.02 Å². The molecule has 3 N–H and O–H groups in total. The van der Waals surface area contributed by atoms with Crippen molar-refractivity contribution < 1.29 is 14.3 Å². The van der Waals surface area contributed by atoms with E-state index in [1.54, 1.807) is 11.6 Å². The molecule has 0 aliphatic carbocycles. The standard InChI is InChI=1S/C21H21ClN4O3/c1-12-4-7-16(8-5-12)26-14(3)20(13(2)25-26)24-19(27)11-29-21(28)15-6-9-17(22)18(23)10-15/h4-10H,11,23H2,1-3H3,(H,24,27). The van der Waals surface area contributed by atoms with Crippen LogP contribution >= 0.6 is 11.6 Å². The molecule has 0 aliphatic heterocycles. The second-order valence-corrected chi connectivity index (χ2v) is 7.06. The van der Waals surface area contributed by atoms with Crippen LogP contribution in [-0.2, 0) is 9.53 Å². The van der Waals surface area contributed by atoms with E-state index in [1.807, 2.05) is 38.1 Å². The van der Waals surface area contributed by atoms with Crippen LogP contribution in [0, 0.1) is 20.8 Å². The van der Waals surface area contributed by atoms with E-state index < -0.39 is 18.5 Å². The lowest BCUT2D eigenvalue weighted by atomic mass is 10.2. The maximum absolute atomic E-state index is 12.3. The van der Waals surface area contributed by atoms with Gasteiger partial charge in [-0.05, 0) is 51.1 Å². The minimum Gasteiger partial charge on any atom is -0.452 e. The second-order valence-electron chi connectivity index (χ2n) is 6.65. The number of ether oxygens (including phenoxy) is 1. The number of esters is 1.